The summed E-state index contributed by atoms with van der Waals surface area (Å²) < 4.78 is 0. The van der Waals surface area contributed by atoms with Gasteiger partial charge in [0, 0.05) is 45.8 Å². The third-order valence-corrected chi connectivity index (χ3v) is 5.30. The van der Waals surface area contributed by atoms with Gasteiger partial charge in [0.1, 0.15) is 5.82 Å². The number of amides is 2. The van der Waals surface area contributed by atoms with Gasteiger partial charge in [0.2, 0.25) is 0 Å². The average Bonchev–Trinajstić information content (AvgIpc) is 2.68. The Kier molecular flexibility index (Phi) is 5.99. The van der Waals surface area contributed by atoms with Crippen molar-refractivity contribution in [2.45, 2.75) is 39.7 Å². The first-order valence-electron chi connectivity index (χ1n) is 9.69. The lowest BCUT2D eigenvalue weighted by Gasteiger charge is -2.25. The standard InChI is InChI=1S/C22H30N4O/c1-16-7-8-18(14-17(16)2)15-26(4)22(27)25(3)13-11-20-10-9-19-6-5-12-23-21(19)24-20/h7-10,14H,5-6,11-13,15H2,1-4H3,(H,23,24). The molecule has 1 aromatic carbocycles. The molecular formula is C22H30N4O. The number of nitrogens with zero attached hydrogens (tertiary/aromatic N) is 3. The summed E-state index contributed by atoms with van der Waals surface area (Å²) in [5.74, 6) is 1.01. The van der Waals surface area contributed by atoms with Crippen molar-refractivity contribution in [1.29, 1.82) is 0 Å². The van der Waals surface area contributed by atoms with Crippen LogP contribution >= 0.6 is 0 Å². The van der Waals surface area contributed by atoms with Crippen LogP contribution in [0.15, 0.2) is 30.3 Å². The van der Waals surface area contributed by atoms with Crippen LogP contribution in [0.1, 0.15) is 34.4 Å². The van der Waals surface area contributed by atoms with Gasteiger partial charge in [0.05, 0.1) is 0 Å². The first kappa shape index (κ1) is 19.2. The molecule has 0 saturated carbocycles. The number of carbonyl (C=O) groups excluding carboxylic acids is 1. The molecule has 2 aromatic rings. The number of fused-ring (bicyclic) bond motifs is 1. The summed E-state index contributed by atoms with van der Waals surface area (Å²) in [5, 5.41) is 3.37. The molecule has 1 aromatic heterocycles. The van der Waals surface area contributed by atoms with Crippen molar-refractivity contribution in [2.24, 2.45) is 0 Å². The molecule has 0 saturated heterocycles. The fourth-order valence-corrected chi connectivity index (χ4v) is 3.42. The second-order valence-corrected chi connectivity index (χ2v) is 7.57. The summed E-state index contributed by atoms with van der Waals surface area (Å²) in [6.07, 6.45) is 3.02. The van der Waals surface area contributed by atoms with Crippen LogP contribution in [0.5, 0.6) is 0 Å². The molecule has 1 aliphatic heterocycles. The number of likely N-dealkylation sites (N-methyl/N-ethyl adjacent to an activating group) is 1. The minimum Gasteiger partial charge on any atom is -0.370 e. The molecule has 27 heavy (non-hydrogen) atoms. The highest BCUT2D eigenvalue weighted by molar-refractivity contribution is 5.73. The van der Waals surface area contributed by atoms with Crippen LogP contribution < -0.4 is 5.32 Å². The largest absolute Gasteiger partial charge is 0.370 e. The van der Waals surface area contributed by atoms with E-state index in [9.17, 15) is 4.79 Å². The van der Waals surface area contributed by atoms with Crippen molar-refractivity contribution in [2.75, 3.05) is 32.5 Å². The Morgan fingerprint density at radius 2 is 1.93 bits per heavy atom. The molecule has 0 atom stereocenters. The quantitative estimate of drug-likeness (QED) is 0.876. The SMILES string of the molecule is Cc1ccc(CN(C)C(=O)N(C)CCc2ccc3c(n2)NCCC3)cc1C. The van der Waals surface area contributed by atoms with Crippen LogP contribution in [0, 0.1) is 13.8 Å². The number of nitrogens with one attached hydrogen (secondary N) is 1. The van der Waals surface area contributed by atoms with Crippen molar-refractivity contribution < 1.29 is 4.79 Å². The number of aryl methyl sites for hydroxylation is 3. The topological polar surface area (TPSA) is 48.5 Å². The first-order chi connectivity index (χ1) is 12.9. The van der Waals surface area contributed by atoms with Crippen molar-refractivity contribution in [1.82, 2.24) is 14.8 Å². The van der Waals surface area contributed by atoms with E-state index < -0.39 is 0 Å². The number of carbonyl (C=O) groups is 1. The maximum Gasteiger partial charge on any atom is 0.319 e. The van der Waals surface area contributed by atoms with Crippen molar-refractivity contribution in [3.63, 3.8) is 0 Å². The van der Waals surface area contributed by atoms with Crippen molar-refractivity contribution in [3.05, 3.63) is 58.3 Å². The molecule has 1 N–H and O–H groups in total. The minimum absolute atomic E-state index is 0.0318. The van der Waals surface area contributed by atoms with E-state index in [-0.39, 0.29) is 6.03 Å². The van der Waals surface area contributed by atoms with Crippen LogP contribution in [0.25, 0.3) is 0 Å². The second kappa shape index (κ2) is 8.42. The van der Waals surface area contributed by atoms with E-state index in [2.05, 4.69) is 49.5 Å². The number of urea groups is 1. The van der Waals surface area contributed by atoms with Crippen LogP contribution in [0.4, 0.5) is 10.6 Å². The van der Waals surface area contributed by atoms with Crippen LogP contribution in [-0.4, -0.2) is 48.0 Å². The molecule has 0 aliphatic carbocycles. The van der Waals surface area contributed by atoms with Gasteiger partial charge in [-0.3, -0.25) is 0 Å². The zero-order valence-electron chi connectivity index (χ0n) is 16.9. The number of pyridine rings is 1. The smallest absolute Gasteiger partial charge is 0.319 e. The predicted molar refractivity (Wildman–Crippen MR) is 110 cm³/mol. The highest BCUT2D eigenvalue weighted by atomic mass is 16.2. The molecule has 0 radical (unpaired) electrons. The summed E-state index contributed by atoms with van der Waals surface area (Å²) in [7, 11) is 3.71. The van der Waals surface area contributed by atoms with Crippen molar-refractivity contribution >= 4 is 11.8 Å². The van der Waals surface area contributed by atoms with Crippen LogP contribution in [0.2, 0.25) is 0 Å². The summed E-state index contributed by atoms with van der Waals surface area (Å²) in [5.41, 5.74) is 6.01. The monoisotopic (exact) mass is 366 g/mol. The Hall–Kier alpha value is -2.56. The number of hydrogen-bond donors (Lipinski definition) is 1. The average molecular weight is 367 g/mol. The number of hydrogen-bond acceptors (Lipinski definition) is 3. The molecule has 2 amide bonds. The molecule has 0 bridgehead atoms. The van der Waals surface area contributed by atoms with E-state index in [4.69, 9.17) is 4.98 Å². The second-order valence-electron chi connectivity index (χ2n) is 7.57. The number of benzene rings is 1. The molecule has 1 aliphatic rings. The number of anilines is 1. The van der Waals surface area contributed by atoms with Gasteiger partial charge in [0.15, 0.2) is 0 Å². The maximum atomic E-state index is 12.7. The van der Waals surface area contributed by atoms with Gasteiger partial charge < -0.3 is 15.1 Å². The molecule has 3 rings (SSSR count). The van der Waals surface area contributed by atoms with E-state index in [0.29, 0.717) is 13.1 Å². The van der Waals surface area contributed by atoms with Crippen molar-refractivity contribution in [3.8, 4) is 0 Å². The molecule has 2 heterocycles. The Morgan fingerprint density at radius 3 is 2.70 bits per heavy atom. The van der Waals surface area contributed by atoms with E-state index in [1.165, 1.54) is 16.7 Å². The van der Waals surface area contributed by atoms with Gasteiger partial charge in [0.25, 0.3) is 0 Å². The number of rotatable bonds is 5. The predicted octanol–water partition coefficient (Wildman–Crippen LogP) is 3.78. The summed E-state index contributed by atoms with van der Waals surface area (Å²) in [6.45, 7) is 6.47. The summed E-state index contributed by atoms with van der Waals surface area (Å²) in [4.78, 5) is 20.9. The Balaban J connectivity index is 1.54. The molecule has 0 spiro atoms. The van der Waals surface area contributed by atoms with E-state index >= 15 is 0 Å². The fraction of sp³-hybridized carbons (Fsp3) is 0.455. The minimum atomic E-state index is 0.0318. The summed E-state index contributed by atoms with van der Waals surface area (Å²) in [6, 6.07) is 10.6. The number of aromatic nitrogens is 1. The van der Waals surface area contributed by atoms with E-state index in [0.717, 1.165) is 42.9 Å². The van der Waals surface area contributed by atoms with Crippen LogP contribution in [0.3, 0.4) is 0 Å². The lowest BCUT2D eigenvalue weighted by atomic mass is 10.1. The normalized spacial score (nSPS) is 12.9. The zero-order valence-corrected chi connectivity index (χ0v) is 16.9. The van der Waals surface area contributed by atoms with Gasteiger partial charge in [-0.2, -0.15) is 0 Å². The third kappa shape index (κ3) is 4.79. The lowest BCUT2D eigenvalue weighted by molar-refractivity contribution is 0.171. The summed E-state index contributed by atoms with van der Waals surface area (Å²) >= 11 is 0. The lowest BCUT2D eigenvalue weighted by Crippen LogP contribution is -2.39. The van der Waals surface area contributed by atoms with Crippen LogP contribution in [-0.2, 0) is 19.4 Å². The molecule has 0 unspecified atom stereocenters. The van der Waals surface area contributed by atoms with Gasteiger partial charge >= 0.3 is 6.03 Å². The highest BCUT2D eigenvalue weighted by Gasteiger charge is 2.16. The molecule has 144 valence electrons. The van der Waals surface area contributed by atoms with E-state index in [1.807, 2.05) is 14.1 Å². The molecule has 5 heteroatoms. The van der Waals surface area contributed by atoms with E-state index in [1.54, 1.807) is 9.80 Å². The zero-order chi connectivity index (χ0) is 19.4. The first-order valence-corrected chi connectivity index (χ1v) is 9.69. The molecule has 5 nitrogen and oxygen atoms in total. The molecule has 0 fully saturated rings. The Labute approximate surface area is 162 Å². The Morgan fingerprint density at radius 1 is 1.11 bits per heavy atom. The maximum absolute atomic E-state index is 12.7. The van der Waals surface area contributed by atoms with Gasteiger partial charge in [-0.15, -0.1) is 0 Å². The van der Waals surface area contributed by atoms with Gasteiger partial charge in [-0.05, 0) is 55.0 Å². The third-order valence-electron chi connectivity index (χ3n) is 5.30. The highest BCUT2D eigenvalue weighted by Crippen LogP contribution is 2.20. The van der Waals surface area contributed by atoms with Gasteiger partial charge in [-0.25, -0.2) is 9.78 Å². The Bertz CT molecular complexity index is 818. The molecular weight excluding hydrogens is 336 g/mol. The fourth-order valence-electron chi connectivity index (χ4n) is 3.42. The van der Waals surface area contributed by atoms with Gasteiger partial charge in [-0.1, -0.05) is 24.3 Å².